The van der Waals surface area contributed by atoms with Gasteiger partial charge in [-0.15, -0.1) is 0 Å². The van der Waals surface area contributed by atoms with Crippen molar-refractivity contribution in [2.24, 2.45) is 4.99 Å². The smallest absolute Gasteiger partial charge is 0.283 e. The summed E-state index contributed by atoms with van der Waals surface area (Å²) < 4.78 is 6.62. The van der Waals surface area contributed by atoms with Crippen molar-refractivity contribution < 1.29 is 9.53 Å². The van der Waals surface area contributed by atoms with E-state index in [9.17, 15) is 4.79 Å². The summed E-state index contributed by atoms with van der Waals surface area (Å²) in [7, 11) is 0. The van der Waals surface area contributed by atoms with Gasteiger partial charge in [0.05, 0.1) is 10.0 Å². The SMILES string of the molecule is CC1=CSC2=NC(=O)C(=Cc3ccc(OCc4ccc(Cl)cc4)c(Br)c3)C(=N)N12. The van der Waals surface area contributed by atoms with Gasteiger partial charge < -0.3 is 4.74 Å². The maximum atomic E-state index is 12.4. The van der Waals surface area contributed by atoms with Gasteiger partial charge in [0.2, 0.25) is 0 Å². The van der Waals surface area contributed by atoms with Crippen LogP contribution in [0.1, 0.15) is 18.1 Å². The van der Waals surface area contributed by atoms with Gasteiger partial charge in [0.25, 0.3) is 5.91 Å². The highest BCUT2D eigenvalue weighted by molar-refractivity contribution is 9.10. The van der Waals surface area contributed by atoms with E-state index >= 15 is 0 Å². The van der Waals surface area contributed by atoms with E-state index < -0.39 is 5.91 Å². The number of benzene rings is 2. The number of aliphatic imine (C=N–C) groups is 1. The normalized spacial score (nSPS) is 17.3. The molecule has 2 heterocycles. The van der Waals surface area contributed by atoms with Crippen molar-refractivity contribution in [3.63, 3.8) is 0 Å². The van der Waals surface area contributed by atoms with Crippen molar-refractivity contribution in [1.82, 2.24) is 4.90 Å². The lowest BCUT2D eigenvalue weighted by molar-refractivity contribution is -0.114. The number of carbonyl (C=O) groups is 1. The molecule has 146 valence electrons. The summed E-state index contributed by atoms with van der Waals surface area (Å²) in [4.78, 5) is 18.2. The molecule has 0 saturated carbocycles. The Hall–Kier alpha value is -2.35. The van der Waals surface area contributed by atoms with E-state index in [1.54, 1.807) is 11.0 Å². The number of fused-ring (bicyclic) bond motifs is 1. The topological polar surface area (TPSA) is 65.8 Å². The van der Waals surface area contributed by atoms with Crippen molar-refractivity contribution in [2.75, 3.05) is 0 Å². The fourth-order valence-corrected chi connectivity index (χ4v) is 4.37. The van der Waals surface area contributed by atoms with E-state index in [1.807, 2.05) is 54.8 Å². The Labute approximate surface area is 185 Å². The van der Waals surface area contributed by atoms with E-state index in [4.69, 9.17) is 21.7 Å². The molecule has 29 heavy (non-hydrogen) atoms. The molecule has 8 heteroatoms. The van der Waals surface area contributed by atoms with E-state index in [1.165, 1.54) is 11.8 Å². The number of nitrogens with zero attached hydrogens (tertiary/aromatic N) is 2. The molecule has 2 aromatic rings. The Kier molecular flexibility index (Phi) is 5.63. The lowest BCUT2D eigenvalue weighted by atomic mass is 10.1. The van der Waals surface area contributed by atoms with Crippen LogP contribution in [0.4, 0.5) is 0 Å². The molecular weight excluding hydrogens is 474 g/mol. The van der Waals surface area contributed by atoms with Gasteiger partial charge in [-0.3, -0.25) is 15.1 Å². The zero-order valence-electron chi connectivity index (χ0n) is 15.3. The lowest BCUT2D eigenvalue weighted by Gasteiger charge is -2.25. The number of hydrogen-bond donors (Lipinski definition) is 1. The number of nitrogens with one attached hydrogen (secondary N) is 1. The van der Waals surface area contributed by atoms with Gasteiger partial charge in [-0.2, -0.15) is 4.99 Å². The molecule has 0 aromatic heterocycles. The second-order valence-corrected chi connectivity index (χ2v) is 8.55. The molecule has 0 atom stereocenters. The van der Waals surface area contributed by atoms with Crippen molar-refractivity contribution in [1.29, 1.82) is 5.41 Å². The number of hydrogen-bond acceptors (Lipinski definition) is 4. The molecule has 1 N–H and O–H groups in total. The van der Waals surface area contributed by atoms with Gasteiger partial charge >= 0.3 is 0 Å². The summed E-state index contributed by atoms with van der Waals surface area (Å²) >= 11 is 10.8. The summed E-state index contributed by atoms with van der Waals surface area (Å²) in [5, 5.41) is 11.5. The molecule has 0 bridgehead atoms. The Bertz CT molecular complexity index is 1110. The number of carbonyl (C=O) groups excluding carboxylic acids is 1. The first-order chi connectivity index (χ1) is 13.9. The lowest BCUT2D eigenvalue weighted by Crippen LogP contribution is -2.37. The van der Waals surface area contributed by atoms with Crippen LogP contribution in [0.2, 0.25) is 5.02 Å². The first-order valence-corrected chi connectivity index (χ1v) is 10.7. The Balaban J connectivity index is 1.53. The first kappa shape index (κ1) is 19.9. The fourth-order valence-electron chi connectivity index (χ4n) is 2.87. The molecule has 0 aliphatic carbocycles. The van der Waals surface area contributed by atoms with Crippen LogP contribution in [0.5, 0.6) is 5.75 Å². The minimum absolute atomic E-state index is 0.137. The van der Waals surface area contributed by atoms with Crippen LogP contribution in [0.3, 0.4) is 0 Å². The molecule has 4 rings (SSSR count). The molecule has 0 saturated heterocycles. The monoisotopic (exact) mass is 487 g/mol. The number of halogens is 2. The van der Waals surface area contributed by atoms with Crippen LogP contribution in [0, 0.1) is 5.41 Å². The highest BCUT2D eigenvalue weighted by Gasteiger charge is 2.33. The van der Waals surface area contributed by atoms with Crippen LogP contribution in [0.15, 0.2) is 68.6 Å². The molecule has 1 amide bonds. The third kappa shape index (κ3) is 4.17. The maximum absolute atomic E-state index is 12.4. The molecule has 0 spiro atoms. The molecule has 2 aliphatic rings. The first-order valence-electron chi connectivity index (χ1n) is 8.66. The third-order valence-corrected chi connectivity index (χ3v) is 6.18. The zero-order chi connectivity index (χ0) is 20.5. The highest BCUT2D eigenvalue weighted by Crippen LogP contribution is 2.33. The highest BCUT2D eigenvalue weighted by atomic mass is 79.9. The van der Waals surface area contributed by atoms with Gasteiger partial charge in [-0.25, -0.2) is 0 Å². The van der Waals surface area contributed by atoms with E-state index in [0.29, 0.717) is 22.5 Å². The second kappa shape index (κ2) is 8.18. The predicted molar refractivity (Wildman–Crippen MR) is 121 cm³/mol. The summed E-state index contributed by atoms with van der Waals surface area (Å²) in [5.41, 5.74) is 2.92. The van der Waals surface area contributed by atoms with Crippen molar-refractivity contribution in [3.05, 3.63) is 79.8 Å². The molecule has 0 unspecified atom stereocenters. The number of allylic oxidation sites excluding steroid dienone is 1. The van der Waals surface area contributed by atoms with Gasteiger partial charge in [0, 0.05) is 10.7 Å². The van der Waals surface area contributed by atoms with Crippen molar-refractivity contribution >= 4 is 62.3 Å². The van der Waals surface area contributed by atoms with Gasteiger partial charge in [0.1, 0.15) is 18.2 Å². The van der Waals surface area contributed by atoms with Crippen molar-refractivity contribution in [3.8, 4) is 5.75 Å². The Morgan fingerprint density at radius 1 is 1.28 bits per heavy atom. The number of amidine groups is 2. The number of thioether (sulfide) groups is 1. The van der Waals surface area contributed by atoms with E-state index in [-0.39, 0.29) is 11.4 Å². The zero-order valence-corrected chi connectivity index (χ0v) is 18.4. The van der Waals surface area contributed by atoms with Crippen LogP contribution in [-0.4, -0.2) is 21.8 Å². The average Bonchev–Trinajstić information content (AvgIpc) is 3.06. The maximum Gasteiger partial charge on any atom is 0.283 e. The van der Waals surface area contributed by atoms with E-state index in [0.717, 1.165) is 21.3 Å². The fraction of sp³-hybridized carbons (Fsp3) is 0.0952. The molecule has 0 fully saturated rings. The van der Waals surface area contributed by atoms with Crippen LogP contribution in [0.25, 0.3) is 6.08 Å². The van der Waals surface area contributed by atoms with Crippen molar-refractivity contribution in [2.45, 2.75) is 13.5 Å². The quantitative estimate of drug-likeness (QED) is 0.548. The second-order valence-electron chi connectivity index (χ2n) is 6.42. The number of rotatable bonds is 4. The molecular formula is C21H15BrClN3O2S. The minimum Gasteiger partial charge on any atom is -0.488 e. The summed E-state index contributed by atoms with van der Waals surface area (Å²) in [5.74, 6) is 0.413. The van der Waals surface area contributed by atoms with Gasteiger partial charge in [0.15, 0.2) is 5.17 Å². The van der Waals surface area contributed by atoms with Gasteiger partial charge in [-0.1, -0.05) is 41.6 Å². The summed E-state index contributed by atoms with van der Waals surface area (Å²) in [6.07, 6.45) is 1.68. The van der Waals surface area contributed by atoms with Crippen LogP contribution >= 0.6 is 39.3 Å². The Morgan fingerprint density at radius 3 is 2.76 bits per heavy atom. The summed E-state index contributed by atoms with van der Waals surface area (Å²) in [6.45, 7) is 2.30. The minimum atomic E-state index is -0.406. The molecule has 2 aromatic carbocycles. The number of amides is 1. The molecule has 5 nitrogen and oxygen atoms in total. The van der Waals surface area contributed by atoms with Crippen LogP contribution < -0.4 is 4.74 Å². The average molecular weight is 489 g/mol. The molecule has 2 aliphatic heterocycles. The van der Waals surface area contributed by atoms with E-state index in [2.05, 4.69) is 20.9 Å². The largest absolute Gasteiger partial charge is 0.488 e. The van der Waals surface area contributed by atoms with Gasteiger partial charge in [-0.05, 0) is 69.7 Å². The standard InChI is InChI=1S/C21H15BrClN3O2S/c1-12-11-29-21-25-20(27)16(19(24)26(12)21)8-14-4-7-18(17(22)9-14)28-10-13-2-5-15(23)6-3-13/h2-9,11,24H,10H2,1H3. The third-order valence-electron chi connectivity index (χ3n) is 4.36. The predicted octanol–water partition coefficient (Wildman–Crippen LogP) is 5.85. The number of ether oxygens (including phenoxy) is 1. The molecule has 0 radical (unpaired) electrons. The Morgan fingerprint density at radius 2 is 2.03 bits per heavy atom. The summed E-state index contributed by atoms with van der Waals surface area (Å²) in [6, 6.07) is 13.0. The van der Waals surface area contributed by atoms with Crippen LogP contribution in [-0.2, 0) is 11.4 Å².